The lowest BCUT2D eigenvalue weighted by molar-refractivity contribution is 0.0956. The summed E-state index contributed by atoms with van der Waals surface area (Å²) in [5, 5.41) is 20.8. The van der Waals surface area contributed by atoms with Crippen LogP contribution in [0.1, 0.15) is 17.3 Å². The Balaban J connectivity index is 3.03. The van der Waals surface area contributed by atoms with Crippen molar-refractivity contribution in [2.24, 2.45) is 0 Å². The Hall–Kier alpha value is -1.04. The van der Waals surface area contributed by atoms with Crippen LogP contribution in [0.15, 0.2) is 18.2 Å². The molecule has 0 radical (unpaired) electrons. The maximum atomic E-state index is 11.4. The van der Waals surface area contributed by atoms with Gasteiger partial charge in [0.05, 0.1) is 0 Å². The summed E-state index contributed by atoms with van der Waals surface area (Å²) in [6.45, 7) is 2.30. The zero-order valence-corrected chi connectivity index (χ0v) is 8.95. The van der Waals surface area contributed by atoms with Gasteiger partial charge in [-0.2, -0.15) is 0 Å². The molecule has 0 saturated heterocycles. The van der Waals surface area contributed by atoms with Gasteiger partial charge in [0, 0.05) is 17.1 Å². The highest BCUT2D eigenvalue weighted by molar-refractivity contribution is 6.59. The topological polar surface area (TPSA) is 69.6 Å². The fourth-order valence-corrected chi connectivity index (χ4v) is 1.40. The second-order valence-corrected chi connectivity index (χ2v) is 3.44. The molecule has 0 aliphatic rings. The summed E-state index contributed by atoms with van der Waals surface area (Å²) >= 11 is 5.74. The highest BCUT2D eigenvalue weighted by Gasteiger charge is 2.15. The molecule has 3 N–H and O–H groups in total. The maximum absolute atomic E-state index is 11.4. The van der Waals surface area contributed by atoms with Crippen molar-refractivity contribution >= 4 is 30.1 Å². The lowest BCUT2D eigenvalue weighted by Gasteiger charge is -2.06. The molecular formula is C9H11BClNO3. The van der Waals surface area contributed by atoms with Crippen molar-refractivity contribution in [3.05, 3.63) is 28.8 Å². The molecule has 0 atom stereocenters. The van der Waals surface area contributed by atoms with Gasteiger partial charge in [0.25, 0.3) is 5.91 Å². The van der Waals surface area contributed by atoms with Crippen LogP contribution in [-0.2, 0) is 0 Å². The van der Waals surface area contributed by atoms with Crippen molar-refractivity contribution in [1.82, 2.24) is 5.32 Å². The second kappa shape index (κ2) is 5.16. The number of halogens is 1. The minimum atomic E-state index is -1.63. The van der Waals surface area contributed by atoms with Crippen LogP contribution in [0.2, 0.25) is 5.02 Å². The number of nitrogens with one attached hydrogen (secondary N) is 1. The fourth-order valence-electron chi connectivity index (χ4n) is 1.16. The molecule has 0 aromatic heterocycles. The first-order valence-electron chi connectivity index (χ1n) is 4.49. The zero-order chi connectivity index (χ0) is 11.4. The number of carbonyl (C=O) groups excluding carboxylic acids is 1. The molecule has 0 bridgehead atoms. The van der Waals surface area contributed by atoms with E-state index in [1.165, 1.54) is 18.2 Å². The van der Waals surface area contributed by atoms with E-state index in [1.807, 2.05) is 0 Å². The molecule has 0 aliphatic carbocycles. The van der Waals surface area contributed by atoms with Crippen molar-refractivity contribution < 1.29 is 14.8 Å². The number of carbonyl (C=O) groups is 1. The van der Waals surface area contributed by atoms with E-state index in [-0.39, 0.29) is 11.4 Å². The summed E-state index contributed by atoms with van der Waals surface area (Å²) in [4.78, 5) is 11.4. The van der Waals surface area contributed by atoms with Crippen molar-refractivity contribution in [2.75, 3.05) is 6.54 Å². The van der Waals surface area contributed by atoms with Gasteiger partial charge in [0.15, 0.2) is 0 Å². The van der Waals surface area contributed by atoms with E-state index < -0.39 is 7.12 Å². The Morgan fingerprint density at radius 1 is 1.47 bits per heavy atom. The standard InChI is InChI=1S/C9H11BClNO3/c1-2-12-9(13)6-3-7(10(14)15)5-8(11)4-6/h3-5,14-15H,2H2,1H3,(H,12,13). The summed E-state index contributed by atoms with van der Waals surface area (Å²) in [7, 11) is -1.63. The summed E-state index contributed by atoms with van der Waals surface area (Å²) in [5.74, 6) is -0.290. The molecule has 0 saturated carbocycles. The van der Waals surface area contributed by atoms with E-state index in [1.54, 1.807) is 6.92 Å². The van der Waals surface area contributed by atoms with Crippen LogP contribution in [-0.4, -0.2) is 29.6 Å². The Labute approximate surface area is 93.0 Å². The van der Waals surface area contributed by atoms with Gasteiger partial charge in [-0.05, 0) is 30.6 Å². The minimum absolute atomic E-state index is 0.198. The Morgan fingerprint density at radius 3 is 2.67 bits per heavy atom. The van der Waals surface area contributed by atoms with Gasteiger partial charge in [-0.25, -0.2) is 0 Å². The monoisotopic (exact) mass is 227 g/mol. The summed E-state index contributed by atoms with van der Waals surface area (Å²) < 4.78 is 0. The van der Waals surface area contributed by atoms with Gasteiger partial charge in [0.2, 0.25) is 0 Å². The zero-order valence-electron chi connectivity index (χ0n) is 8.20. The third-order valence-electron chi connectivity index (χ3n) is 1.82. The molecule has 1 aromatic rings. The van der Waals surface area contributed by atoms with Gasteiger partial charge in [-0.3, -0.25) is 4.79 Å². The van der Waals surface area contributed by atoms with Crippen LogP contribution in [0.3, 0.4) is 0 Å². The number of hydrogen-bond donors (Lipinski definition) is 3. The van der Waals surface area contributed by atoms with E-state index in [9.17, 15) is 4.79 Å². The average molecular weight is 227 g/mol. The first-order chi connectivity index (χ1) is 7.04. The first-order valence-corrected chi connectivity index (χ1v) is 4.87. The lowest BCUT2D eigenvalue weighted by Crippen LogP contribution is -2.32. The largest absolute Gasteiger partial charge is 0.488 e. The van der Waals surface area contributed by atoms with E-state index in [4.69, 9.17) is 21.6 Å². The quantitative estimate of drug-likeness (QED) is 0.625. The molecule has 1 rings (SSSR count). The number of hydrogen-bond acceptors (Lipinski definition) is 3. The smallest absolute Gasteiger partial charge is 0.423 e. The predicted molar refractivity (Wildman–Crippen MR) is 59.3 cm³/mol. The molecule has 6 heteroatoms. The lowest BCUT2D eigenvalue weighted by atomic mass is 9.79. The third kappa shape index (κ3) is 3.23. The van der Waals surface area contributed by atoms with Crippen LogP contribution in [0.4, 0.5) is 0 Å². The first kappa shape index (κ1) is 12.0. The normalized spacial score (nSPS) is 9.87. The second-order valence-electron chi connectivity index (χ2n) is 3.01. The molecule has 4 nitrogen and oxygen atoms in total. The summed E-state index contributed by atoms with van der Waals surface area (Å²) in [6, 6.07) is 4.26. The number of rotatable bonds is 3. The minimum Gasteiger partial charge on any atom is -0.423 e. The van der Waals surface area contributed by atoms with Crippen LogP contribution in [0, 0.1) is 0 Å². The third-order valence-corrected chi connectivity index (χ3v) is 2.04. The Morgan fingerprint density at radius 2 is 2.13 bits per heavy atom. The number of benzene rings is 1. The van der Waals surface area contributed by atoms with E-state index in [0.717, 1.165) is 0 Å². The highest BCUT2D eigenvalue weighted by atomic mass is 35.5. The molecule has 0 fully saturated rings. The summed E-state index contributed by atoms with van der Waals surface area (Å²) in [5.41, 5.74) is 0.510. The molecule has 0 heterocycles. The van der Waals surface area contributed by atoms with Gasteiger partial charge < -0.3 is 15.4 Å². The van der Waals surface area contributed by atoms with Crippen molar-refractivity contribution in [3.8, 4) is 0 Å². The molecule has 1 aromatic carbocycles. The van der Waals surface area contributed by atoms with E-state index >= 15 is 0 Å². The van der Waals surface area contributed by atoms with Crippen LogP contribution < -0.4 is 10.8 Å². The van der Waals surface area contributed by atoms with Crippen LogP contribution in [0.5, 0.6) is 0 Å². The molecule has 0 unspecified atom stereocenters. The van der Waals surface area contributed by atoms with Crippen molar-refractivity contribution in [3.63, 3.8) is 0 Å². The van der Waals surface area contributed by atoms with Gasteiger partial charge in [0.1, 0.15) is 0 Å². The highest BCUT2D eigenvalue weighted by Crippen LogP contribution is 2.09. The Kier molecular flexibility index (Phi) is 4.14. The Bertz CT molecular complexity index is 370. The summed E-state index contributed by atoms with van der Waals surface area (Å²) in [6.07, 6.45) is 0. The van der Waals surface area contributed by atoms with Crippen LogP contribution in [0.25, 0.3) is 0 Å². The van der Waals surface area contributed by atoms with Gasteiger partial charge in [-0.15, -0.1) is 0 Å². The predicted octanol–water partition coefficient (Wildman–Crippen LogP) is -0.230. The molecular weight excluding hydrogens is 216 g/mol. The van der Waals surface area contributed by atoms with Gasteiger partial charge in [-0.1, -0.05) is 11.6 Å². The molecule has 80 valence electrons. The van der Waals surface area contributed by atoms with E-state index in [0.29, 0.717) is 17.1 Å². The van der Waals surface area contributed by atoms with Crippen LogP contribution >= 0.6 is 11.6 Å². The maximum Gasteiger partial charge on any atom is 0.488 e. The number of amides is 1. The average Bonchev–Trinajstić information content (AvgIpc) is 2.17. The molecule has 0 aliphatic heterocycles. The molecule has 15 heavy (non-hydrogen) atoms. The van der Waals surface area contributed by atoms with Crippen molar-refractivity contribution in [2.45, 2.75) is 6.92 Å². The molecule has 0 spiro atoms. The van der Waals surface area contributed by atoms with Crippen molar-refractivity contribution in [1.29, 1.82) is 0 Å². The van der Waals surface area contributed by atoms with Gasteiger partial charge >= 0.3 is 7.12 Å². The van der Waals surface area contributed by atoms with E-state index in [2.05, 4.69) is 5.32 Å². The molecule has 1 amide bonds. The fraction of sp³-hybridized carbons (Fsp3) is 0.222. The SMILES string of the molecule is CCNC(=O)c1cc(Cl)cc(B(O)O)c1.